The normalized spacial score (nSPS) is 11.4. The molecule has 2 amide bonds. The molecule has 1 aromatic carbocycles. The average molecular weight is 360 g/mol. The second kappa shape index (κ2) is 9.24. The molecule has 27 heavy (non-hydrogen) atoms. The van der Waals surface area contributed by atoms with Crippen molar-refractivity contribution in [1.29, 1.82) is 0 Å². The number of hydrogen-bond donors (Lipinski definition) is 2. The van der Waals surface area contributed by atoms with Gasteiger partial charge in [0.05, 0.1) is 12.2 Å². The maximum Gasteiger partial charge on any atom is 0.270 e. The zero-order valence-corrected chi connectivity index (χ0v) is 14.7. The van der Waals surface area contributed by atoms with E-state index in [0.717, 1.165) is 11.3 Å². The number of carbonyl (C=O) groups is 2. The molecule has 0 unspecified atom stereocenters. The molecule has 1 atom stereocenters. The van der Waals surface area contributed by atoms with Crippen LogP contribution >= 0.6 is 0 Å². The van der Waals surface area contributed by atoms with Gasteiger partial charge in [-0.2, -0.15) is 0 Å². The largest absolute Gasteiger partial charge is 0.349 e. The minimum atomic E-state index is -0.717. The first-order valence-corrected chi connectivity index (χ1v) is 8.66. The van der Waals surface area contributed by atoms with E-state index >= 15 is 0 Å². The summed E-state index contributed by atoms with van der Waals surface area (Å²) in [4.78, 5) is 33.4. The molecule has 6 nitrogen and oxygen atoms in total. The number of rotatable bonds is 7. The van der Waals surface area contributed by atoms with Crippen molar-refractivity contribution in [1.82, 2.24) is 20.6 Å². The lowest BCUT2D eigenvalue weighted by molar-refractivity contribution is -0.123. The topological polar surface area (TPSA) is 84.0 Å². The van der Waals surface area contributed by atoms with Crippen LogP contribution in [-0.2, 0) is 17.8 Å². The van der Waals surface area contributed by atoms with Crippen molar-refractivity contribution in [2.24, 2.45) is 0 Å². The van der Waals surface area contributed by atoms with Crippen LogP contribution in [0.15, 0.2) is 79.1 Å². The summed E-state index contributed by atoms with van der Waals surface area (Å²) in [5.74, 6) is -0.654. The highest BCUT2D eigenvalue weighted by Gasteiger charge is 2.22. The second-order valence-corrected chi connectivity index (χ2v) is 5.97. The zero-order valence-electron chi connectivity index (χ0n) is 14.7. The fraction of sp³-hybridized carbons (Fsp3) is 0.143. The van der Waals surface area contributed by atoms with Crippen LogP contribution in [0.3, 0.4) is 0 Å². The van der Waals surface area contributed by atoms with Crippen molar-refractivity contribution in [3.63, 3.8) is 0 Å². The fourth-order valence-corrected chi connectivity index (χ4v) is 2.59. The molecule has 0 aliphatic heterocycles. The fourth-order valence-electron chi connectivity index (χ4n) is 2.59. The Morgan fingerprint density at radius 2 is 1.56 bits per heavy atom. The van der Waals surface area contributed by atoms with Gasteiger partial charge in [0.1, 0.15) is 11.7 Å². The summed E-state index contributed by atoms with van der Waals surface area (Å²) < 4.78 is 0. The number of pyridine rings is 2. The minimum absolute atomic E-state index is 0.270. The Morgan fingerprint density at radius 3 is 2.22 bits per heavy atom. The van der Waals surface area contributed by atoms with Crippen LogP contribution in [0.2, 0.25) is 0 Å². The lowest BCUT2D eigenvalue weighted by atomic mass is 10.0. The third-order valence-corrected chi connectivity index (χ3v) is 3.97. The van der Waals surface area contributed by atoms with Gasteiger partial charge in [0, 0.05) is 18.8 Å². The molecule has 6 heteroatoms. The van der Waals surface area contributed by atoms with E-state index in [9.17, 15) is 9.59 Å². The van der Waals surface area contributed by atoms with Gasteiger partial charge in [-0.05, 0) is 29.8 Å². The Bertz CT molecular complexity index is 870. The highest BCUT2D eigenvalue weighted by atomic mass is 16.2. The number of benzene rings is 1. The van der Waals surface area contributed by atoms with Gasteiger partial charge in [-0.1, -0.05) is 42.5 Å². The van der Waals surface area contributed by atoms with Gasteiger partial charge in [0.15, 0.2) is 0 Å². The molecule has 0 saturated carbocycles. The van der Waals surface area contributed by atoms with E-state index in [1.807, 2.05) is 48.5 Å². The zero-order chi connectivity index (χ0) is 18.9. The molecule has 0 bridgehead atoms. The van der Waals surface area contributed by atoms with Gasteiger partial charge < -0.3 is 10.6 Å². The van der Waals surface area contributed by atoms with E-state index in [1.54, 1.807) is 30.6 Å². The van der Waals surface area contributed by atoms with E-state index in [0.29, 0.717) is 13.0 Å². The summed E-state index contributed by atoms with van der Waals surface area (Å²) in [6, 6.07) is 19.4. The summed E-state index contributed by atoms with van der Waals surface area (Å²) in [5, 5.41) is 5.62. The summed E-state index contributed by atoms with van der Waals surface area (Å²) >= 11 is 0. The molecule has 3 aromatic rings. The number of aromatic nitrogens is 2. The Morgan fingerprint density at radius 1 is 0.852 bits per heavy atom. The first-order chi connectivity index (χ1) is 13.2. The van der Waals surface area contributed by atoms with Gasteiger partial charge in [0.2, 0.25) is 5.91 Å². The maximum atomic E-state index is 12.7. The molecular formula is C21H20N4O2. The van der Waals surface area contributed by atoms with Crippen LogP contribution in [0, 0.1) is 0 Å². The van der Waals surface area contributed by atoms with Crippen molar-refractivity contribution in [2.45, 2.75) is 19.0 Å². The standard InChI is InChI=1S/C21H20N4O2/c26-20(24-15-17-10-4-6-12-22-17)19(14-16-8-2-1-3-9-16)25-21(27)18-11-5-7-13-23-18/h1-13,19H,14-15H2,(H,24,26)(H,25,27)/t19-/m0/s1. The molecule has 0 radical (unpaired) electrons. The predicted molar refractivity (Wildman–Crippen MR) is 102 cm³/mol. The van der Waals surface area contributed by atoms with Crippen molar-refractivity contribution >= 4 is 11.8 Å². The van der Waals surface area contributed by atoms with E-state index in [1.165, 1.54) is 0 Å². The molecular weight excluding hydrogens is 340 g/mol. The van der Waals surface area contributed by atoms with Gasteiger partial charge >= 0.3 is 0 Å². The van der Waals surface area contributed by atoms with E-state index in [2.05, 4.69) is 20.6 Å². The van der Waals surface area contributed by atoms with Crippen LogP contribution in [0.5, 0.6) is 0 Å². The number of amides is 2. The number of nitrogens with one attached hydrogen (secondary N) is 2. The molecule has 2 heterocycles. The van der Waals surface area contributed by atoms with Crippen LogP contribution < -0.4 is 10.6 Å². The summed E-state index contributed by atoms with van der Waals surface area (Å²) in [6.07, 6.45) is 3.60. The lowest BCUT2D eigenvalue weighted by Crippen LogP contribution is -2.48. The Balaban J connectivity index is 1.70. The molecule has 3 rings (SSSR count). The van der Waals surface area contributed by atoms with Gasteiger partial charge in [-0.3, -0.25) is 19.6 Å². The van der Waals surface area contributed by atoms with Crippen LogP contribution in [0.1, 0.15) is 21.7 Å². The average Bonchev–Trinajstić information content (AvgIpc) is 2.73. The van der Waals surface area contributed by atoms with Crippen LogP contribution in [0.25, 0.3) is 0 Å². The number of hydrogen-bond acceptors (Lipinski definition) is 4. The third-order valence-electron chi connectivity index (χ3n) is 3.97. The summed E-state index contributed by atoms with van der Waals surface area (Å²) in [5.41, 5.74) is 1.98. The smallest absolute Gasteiger partial charge is 0.270 e. The van der Waals surface area contributed by atoms with E-state index < -0.39 is 6.04 Å². The highest BCUT2D eigenvalue weighted by Crippen LogP contribution is 2.05. The minimum Gasteiger partial charge on any atom is -0.349 e. The number of carbonyl (C=O) groups excluding carboxylic acids is 2. The number of nitrogens with zero attached hydrogens (tertiary/aromatic N) is 2. The summed E-state index contributed by atoms with van der Waals surface area (Å²) in [6.45, 7) is 0.296. The Hall–Kier alpha value is -3.54. The van der Waals surface area contributed by atoms with Crippen molar-refractivity contribution in [3.05, 3.63) is 96.1 Å². The molecule has 0 aliphatic rings. The monoisotopic (exact) mass is 360 g/mol. The van der Waals surface area contributed by atoms with E-state index in [-0.39, 0.29) is 17.5 Å². The third kappa shape index (κ3) is 5.47. The van der Waals surface area contributed by atoms with Crippen LogP contribution in [0.4, 0.5) is 0 Å². The first-order valence-electron chi connectivity index (χ1n) is 8.66. The first kappa shape index (κ1) is 18.3. The van der Waals surface area contributed by atoms with Gasteiger partial charge in [-0.25, -0.2) is 0 Å². The van der Waals surface area contributed by atoms with Gasteiger partial charge in [0.25, 0.3) is 5.91 Å². The quantitative estimate of drug-likeness (QED) is 0.676. The van der Waals surface area contributed by atoms with E-state index in [4.69, 9.17) is 0 Å². The van der Waals surface area contributed by atoms with Crippen molar-refractivity contribution < 1.29 is 9.59 Å². The lowest BCUT2D eigenvalue weighted by Gasteiger charge is -2.18. The van der Waals surface area contributed by atoms with Gasteiger partial charge in [-0.15, -0.1) is 0 Å². The molecule has 2 aromatic heterocycles. The highest BCUT2D eigenvalue weighted by molar-refractivity contribution is 5.96. The molecule has 0 fully saturated rings. The van der Waals surface area contributed by atoms with Crippen molar-refractivity contribution in [2.75, 3.05) is 0 Å². The summed E-state index contributed by atoms with van der Waals surface area (Å²) in [7, 11) is 0. The molecule has 136 valence electrons. The predicted octanol–water partition coefficient (Wildman–Crippen LogP) is 2.13. The Labute approximate surface area is 157 Å². The maximum absolute atomic E-state index is 12.7. The SMILES string of the molecule is O=C(N[C@@H](Cc1ccccc1)C(=O)NCc1ccccn1)c1ccccn1. The van der Waals surface area contributed by atoms with Crippen molar-refractivity contribution in [3.8, 4) is 0 Å². The molecule has 2 N–H and O–H groups in total. The van der Waals surface area contributed by atoms with Crippen LogP contribution in [-0.4, -0.2) is 27.8 Å². The molecule has 0 spiro atoms. The molecule has 0 aliphatic carbocycles. The second-order valence-electron chi connectivity index (χ2n) is 5.97. The Kier molecular flexibility index (Phi) is 6.25. The molecule has 0 saturated heterocycles.